The van der Waals surface area contributed by atoms with Gasteiger partial charge in [0.15, 0.2) is 0 Å². The third-order valence-corrected chi connectivity index (χ3v) is 7.94. The van der Waals surface area contributed by atoms with Crippen molar-refractivity contribution in [3.63, 3.8) is 0 Å². The van der Waals surface area contributed by atoms with Crippen molar-refractivity contribution in [2.24, 2.45) is 0 Å². The van der Waals surface area contributed by atoms with Gasteiger partial charge >= 0.3 is 129 Å². The normalized spacial score (nSPS) is 14.5. The molecule has 1 aliphatic carbocycles. The summed E-state index contributed by atoms with van der Waals surface area (Å²) in [4.78, 5) is 0. The van der Waals surface area contributed by atoms with Crippen molar-refractivity contribution in [1.29, 1.82) is 0 Å². The summed E-state index contributed by atoms with van der Waals surface area (Å²) in [5.41, 5.74) is 0. The zero-order valence-electron chi connectivity index (χ0n) is 12.2. The Kier molecular flexibility index (Phi) is 4.27. The number of rotatable bonds is 5. The molecule has 21 heavy (non-hydrogen) atoms. The van der Waals surface area contributed by atoms with Crippen molar-refractivity contribution in [3.05, 3.63) is 64.6 Å². The first kappa shape index (κ1) is 14.5. The zero-order chi connectivity index (χ0) is 14.7. The molecule has 0 bridgehead atoms. The van der Waals surface area contributed by atoms with Crippen LogP contribution >= 0.6 is 0 Å². The average Bonchev–Trinajstić information content (AvgIpc) is 3.08. The monoisotopic (exact) mass is 318 g/mol. The molecule has 4 heteroatoms. The van der Waals surface area contributed by atoms with E-state index in [1.807, 2.05) is 30.3 Å². The predicted octanol–water partition coefficient (Wildman–Crippen LogP) is 4.25. The second-order valence-electron chi connectivity index (χ2n) is 4.87. The van der Waals surface area contributed by atoms with E-state index in [0.717, 1.165) is 26.8 Å². The summed E-state index contributed by atoms with van der Waals surface area (Å²) in [5.74, 6) is 0.824. The number of fused-ring (bicyclic) bond motifs is 1. The van der Waals surface area contributed by atoms with Crippen molar-refractivity contribution in [3.8, 4) is 5.75 Å². The number of allylic oxidation sites excluding steroid dienone is 4. The van der Waals surface area contributed by atoms with Gasteiger partial charge in [0.1, 0.15) is 0 Å². The van der Waals surface area contributed by atoms with Gasteiger partial charge in [-0.15, -0.1) is 0 Å². The van der Waals surface area contributed by atoms with Gasteiger partial charge in [-0.3, -0.25) is 0 Å². The maximum absolute atomic E-state index is 6.33. The van der Waals surface area contributed by atoms with Crippen LogP contribution in [-0.2, 0) is 24.4 Å². The van der Waals surface area contributed by atoms with Crippen molar-refractivity contribution < 1.29 is 27.7 Å². The van der Waals surface area contributed by atoms with Crippen LogP contribution in [0.5, 0.6) is 5.75 Å². The molecular formula is C17H18O3Ti. The van der Waals surface area contributed by atoms with Crippen LogP contribution in [0.1, 0.15) is 6.42 Å². The van der Waals surface area contributed by atoms with Gasteiger partial charge < -0.3 is 0 Å². The van der Waals surface area contributed by atoms with E-state index >= 15 is 0 Å². The van der Waals surface area contributed by atoms with Gasteiger partial charge in [-0.05, 0) is 0 Å². The van der Waals surface area contributed by atoms with Crippen molar-refractivity contribution >= 4 is 10.8 Å². The van der Waals surface area contributed by atoms with E-state index in [1.165, 1.54) is 0 Å². The van der Waals surface area contributed by atoms with Crippen LogP contribution in [0, 0.1) is 0 Å². The Morgan fingerprint density at radius 1 is 0.952 bits per heavy atom. The Bertz CT molecular complexity index is 697. The van der Waals surface area contributed by atoms with Gasteiger partial charge in [-0.25, -0.2) is 0 Å². The third kappa shape index (κ3) is 2.70. The van der Waals surface area contributed by atoms with Crippen LogP contribution in [0.15, 0.2) is 64.6 Å². The van der Waals surface area contributed by atoms with E-state index in [0.29, 0.717) is 0 Å². The molecule has 2 aromatic carbocycles. The summed E-state index contributed by atoms with van der Waals surface area (Å²) in [6, 6.07) is 14.2. The van der Waals surface area contributed by atoms with Crippen molar-refractivity contribution in [1.82, 2.24) is 0 Å². The van der Waals surface area contributed by atoms with Crippen LogP contribution in [0.2, 0.25) is 0 Å². The predicted molar refractivity (Wildman–Crippen MR) is 80.4 cm³/mol. The molecule has 0 heterocycles. The molecule has 0 saturated carbocycles. The van der Waals surface area contributed by atoms with Gasteiger partial charge in [0.05, 0.1) is 0 Å². The number of hydrogen-bond acceptors (Lipinski definition) is 3. The first-order chi connectivity index (χ1) is 10.3. The molecule has 0 amide bonds. The van der Waals surface area contributed by atoms with E-state index in [2.05, 4.69) is 30.4 Å². The van der Waals surface area contributed by atoms with E-state index in [-0.39, 0.29) is 0 Å². The van der Waals surface area contributed by atoms with E-state index in [1.54, 1.807) is 14.2 Å². The molecule has 3 rings (SSSR count). The number of benzene rings is 2. The fourth-order valence-corrected chi connectivity index (χ4v) is 5.92. The second kappa shape index (κ2) is 6.16. The van der Waals surface area contributed by atoms with Gasteiger partial charge in [0.25, 0.3) is 0 Å². The van der Waals surface area contributed by atoms with E-state index in [4.69, 9.17) is 9.96 Å². The summed E-state index contributed by atoms with van der Waals surface area (Å²) in [5, 5.41) is 2.23. The molecule has 2 aromatic rings. The van der Waals surface area contributed by atoms with Crippen LogP contribution < -0.4 is 3.32 Å². The van der Waals surface area contributed by atoms with Crippen LogP contribution in [0.4, 0.5) is 0 Å². The summed E-state index contributed by atoms with van der Waals surface area (Å²) in [6.45, 7) is 0. The second-order valence-corrected chi connectivity index (χ2v) is 9.20. The molecule has 0 N–H and O–H groups in total. The third-order valence-electron chi connectivity index (χ3n) is 3.70. The molecule has 0 spiro atoms. The quantitative estimate of drug-likeness (QED) is 0.771. The standard InChI is InChI=1S/C10H8O.C5H5.2CH3O.Ti/c11-10-7-3-5-8-4-1-2-6-9(8)10;1-2-4-5-3-1;2*1-2;/h1-7,11H;1-3H,4H2;2*1H3;/q;;2*-1;+3/p-1. The van der Waals surface area contributed by atoms with Crippen LogP contribution in [0.25, 0.3) is 10.8 Å². The number of hydrogen-bond donors (Lipinski definition) is 0. The Hall–Kier alpha value is -1.39. The summed E-state index contributed by atoms with van der Waals surface area (Å²) in [7, 11) is 3.35. The average molecular weight is 318 g/mol. The fourth-order valence-electron chi connectivity index (χ4n) is 2.60. The summed E-state index contributed by atoms with van der Waals surface area (Å²) in [6.07, 6.45) is 7.02. The molecule has 108 valence electrons. The Morgan fingerprint density at radius 2 is 1.71 bits per heavy atom. The van der Waals surface area contributed by atoms with Gasteiger partial charge in [-0.1, -0.05) is 0 Å². The van der Waals surface area contributed by atoms with E-state index in [9.17, 15) is 0 Å². The fraction of sp³-hybridized carbons (Fsp3) is 0.176. The molecule has 0 saturated heterocycles. The molecule has 1 aliphatic rings. The SMILES string of the molecule is C[O][Ti]([O]C)([O]c1cccc2ccccc12)[C]1=CC=CC1. The molecule has 0 aromatic heterocycles. The maximum atomic E-state index is 6.33. The van der Waals surface area contributed by atoms with Crippen molar-refractivity contribution in [2.45, 2.75) is 6.42 Å². The molecule has 0 radical (unpaired) electrons. The summed E-state index contributed by atoms with van der Waals surface area (Å²) < 4.78 is 19.0. The molecule has 0 unspecified atom stereocenters. The van der Waals surface area contributed by atoms with Gasteiger partial charge in [0.2, 0.25) is 0 Å². The topological polar surface area (TPSA) is 27.7 Å². The Balaban J connectivity index is 2.02. The van der Waals surface area contributed by atoms with E-state index < -0.39 is 17.8 Å². The van der Waals surface area contributed by atoms with Crippen LogP contribution in [-0.4, -0.2) is 14.2 Å². The summed E-state index contributed by atoms with van der Waals surface area (Å²) >= 11 is -3.46. The molecule has 0 atom stereocenters. The first-order valence-corrected chi connectivity index (χ1v) is 9.61. The first-order valence-electron chi connectivity index (χ1n) is 6.92. The van der Waals surface area contributed by atoms with Crippen molar-refractivity contribution in [2.75, 3.05) is 14.2 Å². The molecular weight excluding hydrogens is 300 g/mol. The van der Waals surface area contributed by atoms with Gasteiger partial charge in [-0.2, -0.15) is 0 Å². The minimum atomic E-state index is -3.46. The molecule has 0 fully saturated rings. The molecule has 0 aliphatic heterocycles. The minimum absolute atomic E-state index is 0.824. The Labute approximate surface area is 129 Å². The molecule has 3 nitrogen and oxygen atoms in total. The Morgan fingerprint density at radius 3 is 2.43 bits per heavy atom. The zero-order valence-corrected chi connectivity index (χ0v) is 13.8. The van der Waals surface area contributed by atoms with Gasteiger partial charge in [0, 0.05) is 0 Å². The van der Waals surface area contributed by atoms with Crippen LogP contribution in [0.3, 0.4) is 0 Å².